The molecule has 0 saturated carbocycles. The molecule has 2 amide bonds. The normalized spacial score (nSPS) is 16.6. The molecule has 6 heteroatoms. The summed E-state index contributed by atoms with van der Waals surface area (Å²) in [5, 5.41) is 16.2. The molecule has 2 aromatic rings. The standard InChI is InChI=1S/C23H32N4O2/c1-26(2)16-20(28)17-27-14-12-19(13-15-27)24-23(29)25-22-11-7-6-10-21(22)18-8-4-3-5-9-18/h3-11,19-20,28H,12-17H2,1-2H3,(H2,24,25,29). The number of carbonyl (C=O) groups is 1. The molecule has 0 bridgehead atoms. The van der Waals surface area contributed by atoms with Gasteiger partial charge in [-0.05, 0) is 38.6 Å². The topological polar surface area (TPSA) is 67.8 Å². The van der Waals surface area contributed by atoms with Crippen LogP contribution in [0.4, 0.5) is 10.5 Å². The fourth-order valence-electron chi connectivity index (χ4n) is 3.84. The average molecular weight is 397 g/mol. The number of urea groups is 1. The number of piperidine rings is 1. The van der Waals surface area contributed by atoms with Gasteiger partial charge >= 0.3 is 6.03 Å². The van der Waals surface area contributed by atoms with E-state index in [4.69, 9.17) is 0 Å². The second-order valence-electron chi connectivity index (χ2n) is 8.00. The molecule has 156 valence electrons. The predicted octanol–water partition coefficient (Wildman–Crippen LogP) is 2.86. The lowest BCUT2D eigenvalue weighted by molar-refractivity contribution is 0.0759. The van der Waals surface area contributed by atoms with Crippen molar-refractivity contribution in [1.82, 2.24) is 15.1 Å². The van der Waals surface area contributed by atoms with E-state index in [2.05, 4.69) is 15.5 Å². The number of nitrogens with zero attached hydrogens (tertiary/aromatic N) is 2. The number of aliphatic hydroxyl groups excluding tert-OH is 1. The zero-order chi connectivity index (χ0) is 20.6. The van der Waals surface area contributed by atoms with Crippen LogP contribution in [0.3, 0.4) is 0 Å². The average Bonchev–Trinajstić information content (AvgIpc) is 2.70. The summed E-state index contributed by atoms with van der Waals surface area (Å²) in [5.41, 5.74) is 2.89. The zero-order valence-corrected chi connectivity index (χ0v) is 17.3. The van der Waals surface area contributed by atoms with Crippen LogP contribution in [-0.2, 0) is 0 Å². The largest absolute Gasteiger partial charge is 0.390 e. The number of likely N-dealkylation sites (tertiary alicyclic amines) is 1. The van der Waals surface area contributed by atoms with E-state index in [0.717, 1.165) is 42.7 Å². The number of amides is 2. The Labute approximate surface area is 173 Å². The number of aliphatic hydroxyl groups is 1. The quantitative estimate of drug-likeness (QED) is 0.673. The molecule has 1 aliphatic heterocycles. The van der Waals surface area contributed by atoms with Crippen LogP contribution in [0.2, 0.25) is 0 Å². The lowest BCUT2D eigenvalue weighted by Crippen LogP contribution is -2.48. The first-order chi connectivity index (χ1) is 14.0. The number of anilines is 1. The van der Waals surface area contributed by atoms with Gasteiger partial charge in [0.05, 0.1) is 11.8 Å². The van der Waals surface area contributed by atoms with Gasteiger partial charge < -0.3 is 25.5 Å². The molecule has 1 heterocycles. The molecule has 1 unspecified atom stereocenters. The Bertz CT molecular complexity index is 773. The smallest absolute Gasteiger partial charge is 0.319 e. The number of benzene rings is 2. The first-order valence-electron chi connectivity index (χ1n) is 10.3. The van der Waals surface area contributed by atoms with Gasteiger partial charge in [0.1, 0.15) is 0 Å². The van der Waals surface area contributed by atoms with Crippen LogP contribution in [0.15, 0.2) is 54.6 Å². The van der Waals surface area contributed by atoms with Gasteiger partial charge in [0.15, 0.2) is 0 Å². The first kappa shape index (κ1) is 21.3. The number of nitrogens with one attached hydrogen (secondary N) is 2. The fraction of sp³-hybridized carbons (Fsp3) is 0.435. The van der Waals surface area contributed by atoms with Crippen molar-refractivity contribution in [2.75, 3.05) is 45.6 Å². The molecule has 0 aliphatic carbocycles. The molecule has 0 spiro atoms. The van der Waals surface area contributed by atoms with Crippen LogP contribution in [0.5, 0.6) is 0 Å². The predicted molar refractivity (Wildman–Crippen MR) is 118 cm³/mol. The van der Waals surface area contributed by atoms with Crippen LogP contribution in [-0.4, -0.2) is 73.4 Å². The maximum absolute atomic E-state index is 12.6. The first-order valence-corrected chi connectivity index (χ1v) is 10.3. The minimum atomic E-state index is -0.340. The molecule has 2 aromatic carbocycles. The van der Waals surface area contributed by atoms with E-state index in [1.807, 2.05) is 73.6 Å². The van der Waals surface area contributed by atoms with Gasteiger partial charge in [0.25, 0.3) is 0 Å². The minimum absolute atomic E-state index is 0.154. The molecule has 0 aromatic heterocycles. The minimum Gasteiger partial charge on any atom is -0.390 e. The second-order valence-corrected chi connectivity index (χ2v) is 8.00. The summed E-state index contributed by atoms with van der Waals surface area (Å²) in [4.78, 5) is 16.8. The molecule has 6 nitrogen and oxygen atoms in total. The maximum atomic E-state index is 12.6. The molecular weight excluding hydrogens is 364 g/mol. The van der Waals surface area contributed by atoms with Crippen molar-refractivity contribution in [3.8, 4) is 11.1 Å². The number of rotatable bonds is 7. The van der Waals surface area contributed by atoms with Crippen molar-refractivity contribution >= 4 is 11.7 Å². The van der Waals surface area contributed by atoms with Gasteiger partial charge in [-0.15, -0.1) is 0 Å². The van der Waals surface area contributed by atoms with Gasteiger partial charge in [-0.25, -0.2) is 4.79 Å². The Balaban J connectivity index is 1.49. The van der Waals surface area contributed by atoms with E-state index in [1.54, 1.807) is 0 Å². The Hall–Kier alpha value is -2.41. The van der Waals surface area contributed by atoms with E-state index in [-0.39, 0.29) is 18.2 Å². The Morgan fingerprint density at radius 2 is 1.76 bits per heavy atom. The van der Waals surface area contributed by atoms with Gasteiger partial charge in [-0.1, -0.05) is 48.5 Å². The molecule has 29 heavy (non-hydrogen) atoms. The van der Waals surface area contributed by atoms with Gasteiger partial charge in [0, 0.05) is 37.8 Å². The van der Waals surface area contributed by atoms with Crippen molar-refractivity contribution in [1.29, 1.82) is 0 Å². The summed E-state index contributed by atoms with van der Waals surface area (Å²) in [6.07, 6.45) is 1.44. The summed E-state index contributed by atoms with van der Waals surface area (Å²) in [7, 11) is 3.93. The highest BCUT2D eigenvalue weighted by Crippen LogP contribution is 2.27. The van der Waals surface area contributed by atoms with Crippen molar-refractivity contribution in [2.24, 2.45) is 0 Å². The fourth-order valence-corrected chi connectivity index (χ4v) is 3.84. The maximum Gasteiger partial charge on any atom is 0.319 e. The third-order valence-electron chi connectivity index (χ3n) is 5.23. The molecule has 3 N–H and O–H groups in total. The lowest BCUT2D eigenvalue weighted by atomic mass is 10.0. The lowest BCUT2D eigenvalue weighted by Gasteiger charge is -2.33. The number of para-hydroxylation sites is 1. The SMILES string of the molecule is CN(C)CC(O)CN1CCC(NC(=O)Nc2ccccc2-c2ccccc2)CC1. The number of hydrogen-bond donors (Lipinski definition) is 3. The summed E-state index contributed by atoms with van der Waals surface area (Å²) < 4.78 is 0. The zero-order valence-electron chi connectivity index (χ0n) is 17.3. The second kappa shape index (κ2) is 10.4. The Kier molecular flexibility index (Phi) is 7.63. The summed E-state index contributed by atoms with van der Waals surface area (Å²) in [6, 6.07) is 17.9. The van der Waals surface area contributed by atoms with E-state index in [1.165, 1.54) is 0 Å². The van der Waals surface area contributed by atoms with E-state index in [9.17, 15) is 9.90 Å². The molecule has 1 fully saturated rings. The molecule has 3 rings (SSSR count). The van der Waals surface area contributed by atoms with Crippen LogP contribution in [0, 0.1) is 0 Å². The van der Waals surface area contributed by atoms with Gasteiger partial charge in [-0.2, -0.15) is 0 Å². The van der Waals surface area contributed by atoms with Crippen molar-refractivity contribution in [3.63, 3.8) is 0 Å². The third-order valence-corrected chi connectivity index (χ3v) is 5.23. The summed E-state index contributed by atoms with van der Waals surface area (Å²) >= 11 is 0. The van der Waals surface area contributed by atoms with E-state index < -0.39 is 0 Å². The number of β-amino-alcohol motifs (C(OH)–C–C–N with tert-alkyl or cyclic N) is 1. The highest BCUT2D eigenvalue weighted by atomic mass is 16.3. The number of likely N-dealkylation sites (N-methyl/N-ethyl adjacent to an activating group) is 1. The van der Waals surface area contributed by atoms with Crippen LogP contribution < -0.4 is 10.6 Å². The third kappa shape index (κ3) is 6.56. The Morgan fingerprint density at radius 1 is 1.10 bits per heavy atom. The van der Waals surface area contributed by atoms with Crippen molar-refractivity contribution in [3.05, 3.63) is 54.6 Å². The van der Waals surface area contributed by atoms with E-state index in [0.29, 0.717) is 13.1 Å². The highest BCUT2D eigenvalue weighted by molar-refractivity contribution is 5.94. The molecule has 0 radical (unpaired) electrons. The van der Waals surface area contributed by atoms with Crippen LogP contribution >= 0.6 is 0 Å². The van der Waals surface area contributed by atoms with Gasteiger partial charge in [0.2, 0.25) is 0 Å². The summed E-state index contributed by atoms with van der Waals surface area (Å²) in [5.74, 6) is 0. The number of carbonyl (C=O) groups excluding carboxylic acids is 1. The molecule has 1 aliphatic rings. The molecule has 1 saturated heterocycles. The van der Waals surface area contributed by atoms with Crippen molar-refractivity contribution < 1.29 is 9.90 Å². The van der Waals surface area contributed by atoms with Crippen molar-refractivity contribution in [2.45, 2.75) is 25.0 Å². The number of hydrogen-bond acceptors (Lipinski definition) is 4. The van der Waals surface area contributed by atoms with E-state index >= 15 is 0 Å². The Morgan fingerprint density at radius 3 is 2.45 bits per heavy atom. The highest BCUT2D eigenvalue weighted by Gasteiger charge is 2.22. The molecule has 1 atom stereocenters. The van der Waals surface area contributed by atoms with Crippen LogP contribution in [0.1, 0.15) is 12.8 Å². The van der Waals surface area contributed by atoms with Gasteiger partial charge in [-0.3, -0.25) is 0 Å². The summed E-state index contributed by atoms with van der Waals surface area (Å²) in [6.45, 7) is 3.12. The monoisotopic (exact) mass is 396 g/mol. The van der Waals surface area contributed by atoms with Crippen LogP contribution in [0.25, 0.3) is 11.1 Å². The molecular formula is C23H32N4O2.